The van der Waals surface area contributed by atoms with Gasteiger partial charge in [-0.2, -0.15) is 0 Å². The minimum Gasteiger partial charge on any atom is -0.489 e. The Morgan fingerprint density at radius 1 is 1.10 bits per heavy atom. The van der Waals surface area contributed by atoms with Crippen molar-refractivity contribution in [1.29, 1.82) is 0 Å². The molecule has 3 nitrogen and oxygen atoms in total. The molecule has 29 heavy (non-hydrogen) atoms. The van der Waals surface area contributed by atoms with E-state index in [0.717, 1.165) is 37.0 Å². The quantitative estimate of drug-likeness (QED) is 0.468. The normalized spacial score (nSPS) is 16.2. The zero-order valence-electron chi connectivity index (χ0n) is 17.3. The number of rotatable bonds is 6. The Hall–Kier alpha value is -1.71. The maximum absolute atomic E-state index is 12.0. The molecule has 1 aliphatic carbocycles. The van der Waals surface area contributed by atoms with Gasteiger partial charge in [0.2, 0.25) is 0 Å². The fourth-order valence-corrected chi connectivity index (χ4v) is 4.19. The summed E-state index contributed by atoms with van der Waals surface area (Å²) >= 11 is 12.4. The molecule has 0 bridgehead atoms. The van der Waals surface area contributed by atoms with Crippen LogP contribution in [0.1, 0.15) is 56.7 Å². The molecule has 0 aliphatic heterocycles. The zero-order chi connectivity index (χ0) is 21.0. The lowest BCUT2D eigenvalue weighted by molar-refractivity contribution is -0.155. The Kier molecular flexibility index (Phi) is 7.13. The van der Waals surface area contributed by atoms with Gasteiger partial charge < -0.3 is 9.47 Å². The van der Waals surface area contributed by atoms with E-state index in [1.165, 1.54) is 11.1 Å². The SMILES string of the molecule is CC(C)(C)OC(=O)CCC1CCc2cc(OCc3c(Cl)cccc3Cl)ccc2C1. The van der Waals surface area contributed by atoms with Gasteiger partial charge in [0.1, 0.15) is 18.0 Å². The van der Waals surface area contributed by atoms with E-state index in [1.807, 2.05) is 45.0 Å². The molecular weight excluding hydrogens is 407 g/mol. The third-order valence-corrected chi connectivity index (χ3v) is 5.84. The number of halogens is 2. The predicted molar refractivity (Wildman–Crippen MR) is 118 cm³/mol. The molecule has 3 rings (SSSR count). The zero-order valence-corrected chi connectivity index (χ0v) is 18.8. The van der Waals surface area contributed by atoms with Crippen molar-refractivity contribution in [1.82, 2.24) is 0 Å². The summed E-state index contributed by atoms with van der Waals surface area (Å²) < 4.78 is 11.4. The van der Waals surface area contributed by atoms with E-state index in [-0.39, 0.29) is 5.97 Å². The van der Waals surface area contributed by atoms with E-state index in [1.54, 1.807) is 0 Å². The lowest BCUT2D eigenvalue weighted by Crippen LogP contribution is -2.24. The highest BCUT2D eigenvalue weighted by atomic mass is 35.5. The van der Waals surface area contributed by atoms with Crippen molar-refractivity contribution in [3.05, 3.63) is 63.1 Å². The summed E-state index contributed by atoms with van der Waals surface area (Å²) in [6, 6.07) is 11.7. The molecule has 0 saturated heterocycles. The number of carbonyl (C=O) groups is 1. The molecule has 2 aromatic carbocycles. The first-order valence-electron chi connectivity index (χ1n) is 10.1. The third kappa shape index (κ3) is 6.38. The Morgan fingerprint density at radius 2 is 1.83 bits per heavy atom. The van der Waals surface area contributed by atoms with E-state index >= 15 is 0 Å². The molecule has 0 N–H and O–H groups in total. The Balaban J connectivity index is 1.55. The van der Waals surface area contributed by atoms with Gasteiger partial charge in [-0.1, -0.05) is 35.3 Å². The Bertz CT molecular complexity index is 851. The summed E-state index contributed by atoms with van der Waals surface area (Å²) in [7, 11) is 0. The number of aryl methyl sites for hydroxylation is 1. The van der Waals surface area contributed by atoms with Crippen molar-refractivity contribution in [2.75, 3.05) is 0 Å². The lowest BCUT2D eigenvalue weighted by Gasteiger charge is -2.26. The number of hydrogen-bond acceptors (Lipinski definition) is 3. The minimum atomic E-state index is -0.416. The van der Waals surface area contributed by atoms with Gasteiger partial charge >= 0.3 is 5.97 Å². The van der Waals surface area contributed by atoms with Crippen LogP contribution in [0, 0.1) is 5.92 Å². The summed E-state index contributed by atoms with van der Waals surface area (Å²) in [6.07, 6.45) is 4.43. The highest BCUT2D eigenvalue weighted by Crippen LogP contribution is 2.32. The van der Waals surface area contributed by atoms with E-state index in [9.17, 15) is 4.79 Å². The highest BCUT2D eigenvalue weighted by Gasteiger charge is 2.22. The molecule has 0 saturated carbocycles. The van der Waals surface area contributed by atoms with Gasteiger partial charge in [0, 0.05) is 22.0 Å². The van der Waals surface area contributed by atoms with Crippen molar-refractivity contribution >= 4 is 29.2 Å². The van der Waals surface area contributed by atoms with Crippen molar-refractivity contribution < 1.29 is 14.3 Å². The Labute approximate surface area is 183 Å². The van der Waals surface area contributed by atoms with E-state index < -0.39 is 5.60 Å². The van der Waals surface area contributed by atoms with E-state index in [2.05, 4.69) is 12.1 Å². The van der Waals surface area contributed by atoms with Crippen LogP contribution in [0.25, 0.3) is 0 Å². The average molecular weight is 435 g/mol. The second kappa shape index (κ2) is 9.40. The molecule has 0 amide bonds. The second-order valence-corrected chi connectivity index (χ2v) is 9.47. The Morgan fingerprint density at radius 3 is 2.52 bits per heavy atom. The molecular formula is C24H28Cl2O3. The molecule has 1 atom stereocenters. The smallest absolute Gasteiger partial charge is 0.306 e. The summed E-state index contributed by atoms with van der Waals surface area (Å²) in [6.45, 7) is 6.05. The number of hydrogen-bond donors (Lipinski definition) is 0. The van der Waals surface area contributed by atoms with E-state index in [0.29, 0.717) is 29.0 Å². The van der Waals surface area contributed by atoms with Crippen LogP contribution in [0.15, 0.2) is 36.4 Å². The van der Waals surface area contributed by atoms with E-state index in [4.69, 9.17) is 32.7 Å². The summed E-state index contributed by atoms with van der Waals surface area (Å²) in [5, 5.41) is 1.23. The molecule has 2 aromatic rings. The molecule has 0 aromatic heterocycles. The fraction of sp³-hybridized carbons (Fsp3) is 0.458. The van der Waals surface area contributed by atoms with Crippen molar-refractivity contribution in [2.45, 2.75) is 65.1 Å². The van der Waals surface area contributed by atoms with Crippen LogP contribution in [0.5, 0.6) is 5.75 Å². The van der Waals surface area contributed by atoms with Crippen LogP contribution in [0.3, 0.4) is 0 Å². The van der Waals surface area contributed by atoms with Gasteiger partial charge in [0.25, 0.3) is 0 Å². The molecule has 0 radical (unpaired) electrons. The van der Waals surface area contributed by atoms with Gasteiger partial charge in [-0.25, -0.2) is 0 Å². The molecule has 0 heterocycles. The minimum absolute atomic E-state index is 0.106. The first kappa shape index (κ1) is 22.0. The van der Waals surface area contributed by atoms with Gasteiger partial charge in [-0.05, 0) is 87.8 Å². The molecule has 0 spiro atoms. The number of ether oxygens (including phenoxy) is 2. The largest absolute Gasteiger partial charge is 0.489 e. The molecule has 5 heteroatoms. The van der Waals surface area contributed by atoms with Gasteiger partial charge in [0.15, 0.2) is 0 Å². The molecule has 156 valence electrons. The third-order valence-electron chi connectivity index (χ3n) is 5.13. The molecule has 0 fully saturated rings. The van der Waals surface area contributed by atoms with Gasteiger partial charge in [0.05, 0.1) is 0 Å². The first-order chi connectivity index (χ1) is 13.7. The number of carbonyl (C=O) groups excluding carboxylic acids is 1. The topological polar surface area (TPSA) is 35.5 Å². The average Bonchev–Trinajstić information content (AvgIpc) is 2.64. The predicted octanol–water partition coefficient (Wildman–Crippen LogP) is 6.80. The maximum atomic E-state index is 12.0. The summed E-state index contributed by atoms with van der Waals surface area (Å²) in [5.74, 6) is 1.24. The number of fused-ring (bicyclic) bond motifs is 1. The van der Waals surface area contributed by atoms with Crippen LogP contribution in [0.4, 0.5) is 0 Å². The second-order valence-electron chi connectivity index (χ2n) is 8.65. The molecule has 1 unspecified atom stereocenters. The highest BCUT2D eigenvalue weighted by molar-refractivity contribution is 6.35. The van der Waals surface area contributed by atoms with Crippen molar-refractivity contribution in [3.8, 4) is 5.75 Å². The van der Waals surface area contributed by atoms with Crippen LogP contribution in [0.2, 0.25) is 10.0 Å². The fourth-order valence-electron chi connectivity index (χ4n) is 3.68. The summed E-state index contributed by atoms with van der Waals surface area (Å²) in [5.41, 5.74) is 3.05. The first-order valence-corrected chi connectivity index (χ1v) is 10.9. The van der Waals surface area contributed by atoms with Crippen molar-refractivity contribution in [2.24, 2.45) is 5.92 Å². The standard InChI is InChI=1S/C24H28Cl2O3/c1-24(2,3)29-23(27)12-8-16-7-9-18-14-19(11-10-17(18)13-16)28-15-20-21(25)5-4-6-22(20)26/h4-6,10-11,14,16H,7-9,12-13,15H2,1-3H3. The van der Waals surface area contributed by atoms with Crippen LogP contribution < -0.4 is 4.74 Å². The maximum Gasteiger partial charge on any atom is 0.306 e. The number of esters is 1. The van der Waals surface area contributed by atoms with Gasteiger partial charge in [-0.15, -0.1) is 0 Å². The molecule has 1 aliphatic rings. The number of benzene rings is 2. The monoisotopic (exact) mass is 434 g/mol. The van der Waals surface area contributed by atoms with Crippen LogP contribution in [-0.4, -0.2) is 11.6 Å². The summed E-state index contributed by atoms with van der Waals surface area (Å²) in [4.78, 5) is 12.0. The van der Waals surface area contributed by atoms with Crippen molar-refractivity contribution in [3.63, 3.8) is 0 Å². The van der Waals surface area contributed by atoms with Crippen LogP contribution >= 0.6 is 23.2 Å². The lowest BCUT2D eigenvalue weighted by atomic mass is 9.81. The van der Waals surface area contributed by atoms with Gasteiger partial charge in [-0.3, -0.25) is 4.79 Å². The van der Waals surface area contributed by atoms with Crippen LogP contribution in [-0.2, 0) is 29.0 Å².